The van der Waals surface area contributed by atoms with Gasteiger partial charge in [0, 0.05) is 5.39 Å². The number of nitrogens with one attached hydrogen (secondary N) is 1. The second-order valence-corrected chi connectivity index (χ2v) is 6.36. The minimum atomic E-state index is -0.997. The van der Waals surface area contributed by atoms with Crippen LogP contribution in [-0.4, -0.2) is 27.0 Å². The number of hydrogen-bond donors (Lipinski definition) is 3. The van der Waals surface area contributed by atoms with Crippen molar-refractivity contribution in [3.05, 3.63) is 64.8 Å². The highest BCUT2D eigenvalue weighted by Gasteiger charge is 2.15. The van der Waals surface area contributed by atoms with Crippen molar-refractivity contribution in [2.45, 2.75) is 26.8 Å². The maximum atomic E-state index is 11.4. The number of nitrogens with two attached hydrogens (primary N) is 1. The van der Waals surface area contributed by atoms with E-state index in [1.807, 2.05) is 32.0 Å². The minimum Gasteiger partial charge on any atom is -0.478 e. The molecule has 4 N–H and O–H groups in total. The van der Waals surface area contributed by atoms with Gasteiger partial charge in [-0.1, -0.05) is 29.8 Å². The van der Waals surface area contributed by atoms with Crippen LogP contribution in [0.3, 0.4) is 0 Å². The minimum absolute atomic E-state index is 0.119. The molecule has 0 saturated heterocycles. The van der Waals surface area contributed by atoms with Crippen molar-refractivity contribution >= 4 is 28.8 Å². The van der Waals surface area contributed by atoms with Crippen LogP contribution in [0.15, 0.2) is 47.5 Å². The van der Waals surface area contributed by atoms with Gasteiger partial charge in [0.15, 0.2) is 5.96 Å². The number of hydrogen-bond acceptors (Lipinski definition) is 4. The fourth-order valence-corrected chi connectivity index (χ4v) is 2.93. The Kier molecular flexibility index (Phi) is 5.03. The summed E-state index contributed by atoms with van der Waals surface area (Å²) in [5, 5.41) is 13.2. The molecule has 0 bridgehead atoms. The number of fused-ring (bicyclic) bond motifs is 1. The first kappa shape index (κ1) is 18.3. The van der Waals surface area contributed by atoms with Gasteiger partial charge in [0.2, 0.25) is 5.95 Å². The molecule has 0 fully saturated rings. The van der Waals surface area contributed by atoms with Gasteiger partial charge in [0.05, 0.1) is 22.8 Å². The monoisotopic (exact) mass is 363 g/mol. The number of rotatable bonds is 4. The van der Waals surface area contributed by atoms with E-state index in [0.717, 1.165) is 22.2 Å². The fraction of sp³-hybridized carbons (Fsp3) is 0.200. The number of anilines is 1. The van der Waals surface area contributed by atoms with Crippen molar-refractivity contribution in [2.75, 3.05) is 5.32 Å². The molecule has 1 heterocycles. The summed E-state index contributed by atoms with van der Waals surface area (Å²) >= 11 is 0. The van der Waals surface area contributed by atoms with E-state index in [4.69, 9.17) is 5.73 Å². The Labute approximate surface area is 157 Å². The van der Waals surface area contributed by atoms with E-state index in [0.29, 0.717) is 11.5 Å². The number of aromatic carboxylic acids is 1. The van der Waals surface area contributed by atoms with Gasteiger partial charge < -0.3 is 10.8 Å². The van der Waals surface area contributed by atoms with Crippen molar-refractivity contribution in [1.82, 2.24) is 9.97 Å². The van der Waals surface area contributed by atoms with Crippen LogP contribution in [0.25, 0.3) is 10.9 Å². The standard InChI is InChI=1S/C20H21N5O2/c1-11-8-9-17-16(10-11)13(3)23-20(24-17)25-19(21)22-12(2)14-6-4-5-7-15(14)18(26)27/h4-10,12H,1-3H3,(H,26,27)(H3,21,22,23,24,25). The Bertz CT molecular complexity index is 1050. The zero-order valence-corrected chi connectivity index (χ0v) is 15.4. The molecule has 0 aliphatic rings. The van der Waals surface area contributed by atoms with Crippen LogP contribution < -0.4 is 11.1 Å². The van der Waals surface area contributed by atoms with Gasteiger partial charge in [-0.05, 0) is 44.5 Å². The molecule has 3 aromatic rings. The zero-order chi connectivity index (χ0) is 19.6. The van der Waals surface area contributed by atoms with Crippen LogP contribution in [0, 0.1) is 13.8 Å². The molecule has 0 aliphatic heterocycles. The summed E-state index contributed by atoms with van der Waals surface area (Å²) in [7, 11) is 0. The van der Waals surface area contributed by atoms with E-state index < -0.39 is 12.0 Å². The summed E-state index contributed by atoms with van der Waals surface area (Å²) in [5.74, 6) is -0.527. The number of aromatic nitrogens is 2. The summed E-state index contributed by atoms with van der Waals surface area (Å²) in [6, 6.07) is 12.2. The van der Waals surface area contributed by atoms with E-state index >= 15 is 0 Å². The van der Waals surface area contributed by atoms with Gasteiger partial charge in [-0.3, -0.25) is 5.32 Å². The highest BCUT2D eigenvalue weighted by Crippen LogP contribution is 2.22. The van der Waals surface area contributed by atoms with Crippen LogP contribution in [0.5, 0.6) is 0 Å². The van der Waals surface area contributed by atoms with E-state index in [-0.39, 0.29) is 11.5 Å². The number of benzene rings is 2. The Morgan fingerprint density at radius 2 is 1.93 bits per heavy atom. The molecule has 3 rings (SSSR count). The molecule has 1 atom stereocenters. The summed E-state index contributed by atoms with van der Waals surface area (Å²) in [4.78, 5) is 24.6. The molecule has 0 spiro atoms. The quantitative estimate of drug-likeness (QED) is 0.483. The van der Waals surface area contributed by atoms with Gasteiger partial charge in [0.1, 0.15) is 0 Å². The average Bonchev–Trinajstić information content (AvgIpc) is 2.62. The summed E-state index contributed by atoms with van der Waals surface area (Å²) < 4.78 is 0. The molecular formula is C20H21N5O2. The number of carboxylic acid groups (broad SMARTS) is 1. The third-order valence-electron chi connectivity index (χ3n) is 4.26. The van der Waals surface area contributed by atoms with Crippen molar-refractivity contribution < 1.29 is 9.90 Å². The maximum Gasteiger partial charge on any atom is 0.336 e. The number of carboxylic acids is 1. The summed E-state index contributed by atoms with van der Waals surface area (Å²) in [5.41, 5.74) is 9.58. The number of aryl methyl sites for hydroxylation is 2. The second kappa shape index (κ2) is 7.41. The first-order valence-electron chi connectivity index (χ1n) is 8.52. The Balaban J connectivity index is 1.87. The molecule has 1 aromatic heterocycles. The Morgan fingerprint density at radius 1 is 1.19 bits per heavy atom. The van der Waals surface area contributed by atoms with Gasteiger partial charge >= 0.3 is 5.97 Å². The lowest BCUT2D eigenvalue weighted by atomic mass is 10.0. The summed E-state index contributed by atoms with van der Waals surface area (Å²) in [6.45, 7) is 5.71. The number of carbonyl (C=O) groups is 1. The van der Waals surface area contributed by atoms with Gasteiger partial charge in [-0.2, -0.15) is 0 Å². The van der Waals surface area contributed by atoms with E-state index in [1.165, 1.54) is 0 Å². The third kappa shape index (κ3) is 4.03. The lowest BCUT2D eigenvalue weighted by Gasteiger charge is -2.12. The van der Waals surface area contributed by atoms with Crippen LogP contribution in [0.2, 0.25) is 0 Å². The van der Waals surface area contributed by atoms with Crippen molar-refractivity contribution in [2.24, 2.45) is 10.7 Å². The first-order chi connectivity index (χ1) is 12.8. The van der Waals surface area contributed by atoms with E-state index in [9.17, 15) is 9.90 Å². The first-order valence-corrected chi connectivity index (χ1v) is 8.52. The lowest BCUT2D eigenvalue weighted by Crippen LogP contribution is -2.25. The highest BCUT2D eigenvalue weighted by atomic mass is 16.4. The predicted molar refractivity (Wildman–Crippen MR) is 106 cm³/mol. The Morgan fingerprint density at radius 3 is 2.67 bits per heavy atom. The molecule has 2 aromatic carbocycles. The molecule has 0 aliphatic carbocycles. The average molecular weight is 363 g/mol. The lowest BCUT2D eigenvalue weighted by molar-refractivity contribution is 0.0695. The largest absolute Gasteiger partial charge is 0.478 e. The molecule has 0 radical (unpaired) electrons. The van der Waals surface area contributed by atoms with Gasteiger partial charge in [-0.15, -0.1) is 0 Å². The zero-order valence-electron chi connectivity index (χ0n) is 15.4. The second-order valence-electron chi connectivity index (χ2n) is 6.36. The molecule has 27 heavy (non-hydrogen) atoms. The fourth-order valence-electron chi connectivity index (χ4n) is 2.93. The SMILES string of the molecule is Cc1ccc2nc(NC(N)=NC(C)c3ccccc3C(=O)O)nc(C)c2c1. The van der Waals surface area contributed by atoms with Crippen molar-refractivity contribution in [3.8, 4) is 0 Å². The van der Waals surface area contributed by atoms with Crippen LogP contribution in [-0.2, 0) is 0 Å². The molecule has 0 amide bonds. The van der Waals surface area contributed by atoms with E-state index in [1.54, 1.807) is 31.2 Å². The maximum absolute atomic E-state index is 11.4. The van der Waals surface area contributed by atoms with Crippen molar-refractivity contribution in [3.63, 3.8) is 0 Å². The highest BCUT2D eigenvalue weighted by molar-refractivity contribution is 5.93. The number of nitrogens with zero attached hydrogens (tertiary/aromatic N) is 3. The molecule has 7 nitrogen and oxygen atoms in total. The smallest absolute Gasteiger partial charge is 0.336 e. The predicted octanol–water partition coefficient (Wildman–Crippen LogP) is 3.43. The molecule has 7 heteroatoms. The topological polar surface area (TPSA) is 113 Å². The Hall–Kier alpha value is -3.48. The number of guanidine groups is 1. The van der Waals surface area contributed by atoms with Crippen LogP contribution in [0.4, 0.5) is 5.95 Å². The van der Waals surface area contributed by atoms with Crippen LogP contribution in [0.1, 0.15) is 40.1 Å². The van der Waals surface area contributed by atoms with Gasteiger partial charge in [0.25, 0.3) is 0 Å². The van der Waals surface area contributed by atoms with Gasteiger partial charge in [-0.25, -0.2) is 19.8 Å². The number of aliphatic imine (C=N–C) groups is 1. The molecule has 1 unspecified atom stereocenters. The molecule has 138 valence electrons. The van der Waals surface area contributed by atoms with E-state index in [2.05, 4.69) is 20.3 Å². The van der Waals surface area contributed by atoms with Crippen molar-refractivity contribution in [1.29, 1.82) is 0 Å². The normalized spacial score (nSPS) is 12.8. The molecule has 0 saturated carbocycles. The summed E-state index contributed by atoms with van der Waals surface area (Å²) in [6.07, 6.45) is 0. The van der Waals surface area contributed by atoms with Crippen LogP contribution >= 0.6 is 0 Å². The molecular weight excluding hydrogens is 342 g/mol. The third-order valence-corrected chi connectivity index (χ3v) is 4.26.